The van der Waals surface area contributed by atoms with Crippen molar-refractivity contribution in [1.29, 1.82) is 0 Å². The molecule has 0 spiro atoms. The van der Waals surface area contributed by atoms with E-state index in [-0.39, 0.29) is 12.1 Å². The molecule has 0 bridgehead atoms. The Hall–Kier alpha value is -0.530. The van der Waals surface area contributed by atoms with E-state index < -0.39 is 0 Å². The van der Waals surface area contributed by atoms with Crippen LogP contribution in [-0.4, -0.2) is 12.1 Å². The molecule has 0 aromatic heterocycles. The predicted octanol–water partition coefficient (Wildman–Crippen LogP) is 4.08. The van der Waals surface area contributed by atoms with Gasteiger partial charge < -0.3 is 4.74 Å². The van der Waals surface area contributed by atoms with Gasteiger partial charge in [-0.3, -0.25) is 4.79 Å². The maximum absolute atomic E-state index is 11.5. The number of rotatable bonds is 3. The largest absolute Gasteiger partial charge is 0.462 e. The van der Waals surface area contributed by atoms with E-state index in [1.54, 1.807) is 0 Å². The minimum absolute atomic E-state index is 0.00212. The number of carbonyl (C=O) groups is 1. The third kappa shape index (κ3) is 3.46. The summed E-state index contributed by atoms with van der Waals surface area (Å²) in [4.78, 5) is 11.5. The highest BCUT2D eigenvalue weighted by Gasteiger charge is 2.34. The van der Waals surface area contributed by atoms with Crippen LogP contribution >= 0.6 is 0 Å². The second-order valence-corrected chi connectivity index (χ2v) is 5.73. The van der Waals surface area contributed by atoms with Crippen LogP contribution in [0.1, 0.15) is 71.1 Å². The number of hydrogen-bond acceptors (Lipinski definition) is 2. The van der Waals surface area contributed by atoms with Gasteiger partial charge in [-0.1, -0.05) is 45.4 Å². The van der Waals surface area contributed by atoms with E-state index in [0.717, 1.165) is 12.3 Å². The van der Waals surface area contributed by atoms with Crippen molar-refractivity contribution in [3.8, 4) is 0 Å². The number of esters is 1. The summed E-state index contributed by atoms with van der Waals surface area (Å²) >= 11 is 0. The molecule has 2 unspecified atom stereocenters. The molecule has 98 valence electrons. The van der Waals surface area contributed by atoms with Gasteiger partial charge in [0.2, 0.25) is 0 Å². The highest BCUT2D eigenvalue weighted by atomic mass is 16.5. The monoisotopic (exact) mass is 238 g/mol. The van der Waals surface area contributed by atoms with Crippen LogP contribution < -0.4 is 0 Å². The SMILES string of the molecule is CCC(=O)OC1CCCCC1C1CCCCC1. The lowest BCUT2D eigenvalue weighted by atomic mass is 9.72. The Bertz CT molecular complexity index is 243. The first-order valence-corrected chi connectivity index (χ1v) is 7.50. The fraction of sp³-hybridized carbons (Fsp3) is 0.933. The molecule has 0 aromatic rings. The summed E-state index contributed by atoms with van der Waals surface area (Å²) in [6, 6.07) is 0. The summed E-state index contributed by atoms with van der Waals surface area (Å²) in [6.07, 6.45) is 12.6. The lowest BCUT2D eigenvalue weighted by Gasteiger charge is -2.38. The molecule has 17 heavy (non-hydrogen) atoms. The fourth-order valence-electron chi connectivity index (χ4n) is 3.63. The Labute approximate surface area is 105 Å². The zero-order valence-electron chi connectivity index (χ0n) is 11.1. The van der Waals surface area contributed by atoms with E-state index in [2.05, 4.69) is 0 Å². The molecule has 2 aliphatic rings. The van der Waals surface area contributed by atoms with E-state index in [1.165, 1.54) is 51.4 Å². The van der Waals surface area contributed by atoms with Gasteiger partial charge in [-0.2, -0.15) is 0 Å². The van der Waals surface area contributed by atoms with Crippen LogP contribution in [-0.2, 0) is 9.53 Å². The van der Waals surface area contributed by atoms with Gasteiger partial charge in [-0.25, -0.2) is 0 Å². The number of ether oxygens (including phenoxy) is 1. The van der Waals surface area contributed by atoms with Crippen molar-refractivity contribution in [2.24, 2.45) is 11.8 Å². The van der Waals surface area contributed by atoms with Crippen molar-refractivity contribution in [1.82, 2.24) is 0 Å². The average molecular weight is 238 g/mol. The van der Waals surface area contributed by atoms with Gasteiger partial charge in [0.25, 0.3) is 0 Å². The van der Waals surface area contributed by atoms with Crippen molar-refractivity contribution in [2.45, 2.75) is 77.2 Å². The van der Waals surface area contributed by atoms with E-state index in [9.17, 15) is 4.79 Å². The van der Waals surface area contributed by atoms with Crippen molar-refractivity contribution in [2.75, 3.05) is 0 Å². The quantitative estimate of drug-likeness (QED) is 0.692. The molecule has 0 heterocycles. The summed E-state index contributed by atoms with van der Waals surface area (Å²) in [5.74, 6) is 1.50. The average Bonchev–Trinajstić information content (AvgIpc) is 2.40. The molecule has 0 aromatic carbocycles. The van der Waals surface area contributed by atoms with E-state index in [4.69, 9.17) is 4.74 Å². The van der Waals surface area contributed by atoms with Crippen molar-refractivity contribution >= 4 is 5.97 Å². The first-order chi connectivity index (χ1) is 8.31. The van der Waals surface area contributed by atoms with Gasteiger partial charge in [0.15, 0.2) is 0 Å². The summed E-state index contributed by atoms with van der Waals surface area (Å²) in [5, 5.41) is 0. The topological polar surface area (TPSA) is 26.3 Å². The Morgan fingerprint density at radius 1 is 1.00 bits per heavy atom. The molecule has 0 aliphatic heterocycles. The van der Waals surface area contributed by atoms with Crippen molar-refractivity contribution < 1.29 is 9.53 Å². The highest BCUT2D eigenvalue weighted by molar-refractivity contribution is 5.69. The molecule has 0 amide bonds. The zero-order chi connectivity index (χ0) is 12.1. The zero-order valence-corrected chi connectivity index (χ0v) is 11.1. The van der Waals surface area contributed by atoms with Gasteiger partial charge >= 0.3 is 5.97 Å². The number of carbonyl (C=O) groups excluding carboxylic acids is 1. The molecular weight excluding hydrogens is 212 g/mol. The van der Waals surface area contributed by atoms with Crippen LogP contribution in [0.2, 0.25) is 0 Å². The van der Waals surface area contributed by atoms with Gasteiger partial charge in [-0.05, 0) is 31.1 Å². The molecule has 0 N–H and O–H groups in total. The van der Waals surface area contributed by atoms with Crippen LogP contribution in [0.15, 0.2) is 0 Å². The second kappa shape index (κ2) is 6.42. The van der Waals surface area contributed by atoms with Gasteiger partial charge in [0.1, 0.15) is 6.10 Å². The van der Waals surface area contributed by atoms with Crippen LogP contribution in [0.5, 0.6) is 0 Å². The van der Waals surface area contributed by atoms with Crippen LogP contribution in [0, 0.1) is 11.8 Å². The molecule has 2 heteroatoms. The first kappa shape index (κ1) is 12.9. The highest BCUT2D eigenvalue weighted by Crippen LogP contribution is 2.39. The molecule has 2 saturated carbocycles. The molecule has 2 aliphatic carbocycles. The third-order valence-corrected chi connectivity index (χ3v) is 4.58. The smallest absolute Gasteiger partial charge is 0.305 e. The van der Waals surface area contributed by atoms with E-state index in [0.29, 0.717) is 12.3 Å². The van der Waals surface area contributed by atoms with Crippen LogP contribution in [0.3, 0.4) is 0 Å². The molecule has 2 atom stereocenters. The molecule has 2 rings (SSSR count). The third-order valence-electron chi connectivity index (χ3n) is 4.58. The Morgan fingerprint density at radius 3 is 2.35 bits per heavy atom. The standard InChI is InChI=1S/C15H26O2/c1-2-15(16)17-14-11-7-6-10-13(14)12-8-4-3-5-9-12/h12-14H,2-11H2,1H3. The predicted molar refractivity (Wildman–Crippen MR) is 68.7 cm³/mol. The van der Waals surface area contributed by atoms with Gasteiger partial charge in [-0.15, -0.1) is 0 Å². The van der Waals surface area contributed by atoms with E-state index in [1.807, 2.05) is 6.92 Å². The molecule has 0 saturated heterocycles. The minimum Gasteiger partial charge on any atom is -0.462 e. The van der Waals surface area contributed by atoms with Gasteiger partial charge in [0.05, 0.1) is 0 Å². The number of hydrogen-bond donors (Lipinski definition) is 0. The van der Waals surface area contributed by atoms with Crippen LogP contribution in [0.4, 0.5) is 0 Å². The van der Waals surface area contributed by atoms with E-state index >= 15 is 0 Å². The Balaban J connectivity index is 1.93. The summed E-state index contributed by atoms with van der Waals surface area (Å²) in [7, 11) is 0. The lowest BCUT2D eigenvalue weighted by Crippen LogP contribution is -2.35. The van der Waals surface area contributed by atoms with Gasteiger partial charge in [0, 0.05) is 6.42 Å². The maximum atomic E-state index is 11.5. The summed E-state index contributed by atoms with van der Waals surface area (Å²) < 4.78 is 5.67. The lowest BCUT2D eigenvalue weighted by molar-refractivity contribution is -0.155. The Kier molecular flexibility index (Phi) is 4.87. The Morgan fingerprint density at radius 2 is 1.65 bits per heavy atom. The first-order valence-electron chi connectivity index (χ1n) is 7.50. The van der Waals surface area contributed by atoms with Crippen LogP contribution in [0.25, 0.3) is 0 Å². The maximum Gasteiger partial charge on any atom is 0.305 e. The summed E-state index contributed by atoms with van der Waals surface area (Å²) in [6.45, 7) is 1.89. The van der Waals surface area contributed by atoms with Crippen molar-refractivity contribution in [3.05, 3.63) is 0 Å². The molecular formula is C15H26O2. The summed E-state index contributed by atoms with van der Waals surface area (Å²) in [5.41, 5.74) is 0. The normalized spacial score (nSPS) is 31.1. The minimum atomic E-state index is -0.00212. The second-order valence-electron chi connectivity index (χ2n) is 5.73. The molecule has 0 radical (unpaired) electrons. The molecule has 2 fully saturated rings. The van der Waals surface area contributed by atoms with Crippen molar-refractivity contribution in [3.63, 3.8) is 0 Å². The fourth-order valence-corrected chi connectivity index (χ4v) is 3.63. The molecule has 2 nitrogen and oxygen atoms in total.